The molecule has 1 aromatic heterocycles. The zero-order valence-electron chi connectivity index (χ0n) is 19.0. The van der Waals surface area contributed by atoms with Crippen LogP contribution >= 0.6 is 11.6 Å². The number of carbonyl (C=O) groups excluding carboxylic acids is 1. The molecule has 1 amide bonds. The summed E-state index contributed by atoms with van der Waals surface area (Å²) in [5, 5.41) is 0.756. The minimum atomic E-state index is 0.0349. The molecule has 2 aliphatic heterocycles. The van der Waals surface area contributed by atoms with Crippen LogP contribution < -0.4 is 9.80 Å². The molecule has 0 unspecified atom stereocenters. The second kappa shape index (κ2) is 9.44. The second-order valence-corrected chi connectivity index (χ2v) is 9.36. The second-order valence-electron chi connectivity index (χ2n) is 8.92. The van der Waals surface area contributed by atoms with Gasteiger partial charge in [0.15, 0.2) is 0 Å². The van der Waals surface area contributed by atoms with Crippen LogP contribution in [-0.2, 0) is 0 Å². The van der Waals surface area contributed by atoms with Gasteiger partial charge in [-0.15, -0.1) is 0 Å². The maximum atomic E-state index is 13.2. The van der Waals surface area contributed by atoms with Gasteiger partial charge in [-0.25, -0.2) is 4.98 Å². The number of aryl methyl sites for hydroxylation is 1. The van der Waals surface area contributed by atoms with E-state index >= 15 is 0 Å². The van der Waals surface area contributed by atoms with Crippen molar-refractivity contribution >= 4 is 29.0 Å². The molecular weight excluding hydrogens is 432 g/mol. The highest BCUT2D eigenvalue weighted by Gasteiger charge is 2.29. The summed E-state index contributed by atoms with van der Waals surface area (Å²) in [7, 11) is 0. The number of rotatable bonds is 4. The van der Waals surface area contributed by atoms with E-state index in [0.29, 0.717) is 11.6 Å². The number of amides is 1. The summed E-state index contributed by atoms with van der Waals surface area (Å²) in [6, 6.07) is 22.3. The van der Waals surface area contributed by atoms with Gasteiger partial charge in [0, 0.05) is 55.9 Å². The van der Waals surface area contributed by atoms with Crippen LogP contribution in [-0.4, -0.2) is 55.1 Å². The number of pyridine rings is 1. The largest absolute Gasteiger partial charge is 0.368 e. The molecule has 0 spiro atoms. The molecule has 1 atom stereocenters. The van der Waals surface area contributed by atoms with Crippen LogP contribution in [0.5, 0.6) is 0 Å². The molecule has 33 heavy (non-hydrogen) atoms. The predicted molar refractivity (Wildman–Crippen MR) is 135 cm³/mol. The lowest BCUT2D eigenvalue weighted by atomic mass is 9.94. The van der Waals surface area contributed by atoms with Crippen molar-refractivity contribution in [2.24, 2.45) is 0 Å². The topological polar surface area (TPSA) is 39.7 Å². The third-order valence-corrected chi connectivity index (χ3v) is 7.10. The molecule has 0 radical (unpaired) electrons. The Morgan fingerprint density at radius 2 is 1.61 bits per heavy atom. The zero-order chi connectivity index (χ0) is 22.8. The highest BCUT2D eigenvalue weighted by molar-refractivity contribution is 6.30. The van der Waals surface area contributed by atoms with Gasteiger partial charge in [-0.3, -0.25) is 4.79 Å². The molecule has 2 aliphatic rings. The van der Waals surface area contributed by atoms with E-state index in [2.05, 4.69) is 53.1 Å². The van der Waals surface area contributed by atoms with Crippen molar-refractivity contribution in [2.75, 3.05) is 49.1 Å². The third kappa shape index (κ3) is 4.69. The van der Waals surface area contributed by atoms with Gasteiger partial charge in [-0.1, -0.05) is 41.9 Å². The summed E-state index contributed by atoms with van der Waals surface area (Å²) in [5.74, 6) is 1.32. The average molecular weight is 461 g/mol. The Morgan fingerprint density at radius 1 is 0.879 bits per heavy atom. The Balaban J connectivity index is 1.23. The first kappa shape index (κ1) is 21.8. The van der Waals surface area contributed by atoms with E-state index in [1.165, 1.54) is 16.8 Å². The molecule has 2 saturated heterocycles. The lowest BCUT2D eigenvalue weighted by Gasteiger charge is -2.36. The number of hydrogen-bond acceptors (Lipinski definition) is 4. The van der Waals surface area contributed by atoms with Crippen LogP contribution in [0, 0.1) is 6.92 Å². The molecule has 6 heteroatoms. The number of nitrogens with zero attached hydrogens (tertiary/aromatic N) is 4. The standard InChI is InChI=1S/C27H29ClN4O/c1-20-5-2-3-6-24(20)21-13-14-32(19-21)27(33)25-7-4-8-26(29-25)31-17-15-30(16-18-31)23-11-9-22(28)10-12-23/h2-12,21H,13-19H2,1H3/t21-/m1/s1. The van der Waals surface area contributed by atoms with Crippen LogP contribution in [0.2, 0.25) is 5.02 Å². The van der Waals surface area contributed by atoms with E-state index in [9.17, 15) is 4.79 Å². The van der Waals surface area contributed by atoms with Gasteiger partial charge >= 0.3 is 0 Å². The van der Waals surface area contributed by atoms with Crippen molar-refractivity contribution in [2.45, 2.75) is 19.3 Å². The highest BCUT2D eigenvalue weighted by atomic mass is 35.5. The molecule has 0 saturated carbocycles. The van der Waals surface area contributed by atoms with Crippen LogP contribution in [0.3, 0.4) is 0 Å². The first-order chi connectivity index (χ1) is 16.1. The SMILES string of the molecule is Cc1ccccc1[C@@H]1CCN(C(=O)c2cccc(N3CCN(c4ccc(Cl)cc4)CC3)n2)C1. The maximum Gasteiger partial charge on any atom is 0.272 e. The summed E-state index contributed by atoms with van der Waals surface area (Å²) >= 11 is 6.02. The molecular formula is C27H29ClN4O. The van der Waals surface area contributed by atoms with Crippen molar-refractivity contribution in [1.82, 2.24) is 9.88 Å². The number of aromatic nitrogens is 1. The van der Waals surface area contributed by atoms with Gasteiger partial charge in [-0.05, 0) is 60.9 Å². The fraction of sp³-hybridized carbons (Fsp3) is 0.333. The number of carbonyl (C=O) groups is 1. The summed E-state index contributed by atoms with van der Waals surface area (Å²) in [4.78, 5) is 24.6. The van der Waals surface area contributed by atoms with Crippen molar-refractivity contribution in [1.29, 1.82) is 0 Å². The van der Waals surface area contributed by atoms with E-state index in [-0.39, 0.29) is 5.91 Å². The average Bonchev–Trinajstić information content (AvgIpc) is 3.35. The van der Waals surface area contributed by atoms with Crippen LogP contribution in [0.1, 0.15) is 34.0 Å². The van der Waals surface area contributed by atoms with Crippen LogP contribution in [0.15, 0.2) is 66.7 Å². The van der Waals surface area contributed by atoms with Crippen molar-refractivity contribution in [3.8, 4) is 0 Å². The Kier molecular flexibility index (Phi) is 6.23. The minimum Gasteiger partial charge on any atom is -0.368 e. The first-order valence-corrected chi connectivity index (χ1v) is 12.0. The number of hydrogen-bond donors (Lipinski definition) is 0. The van der Waals surface area contributed by atoms with Crippen molar-refractivity contribution in [3.05, 3.63) is 88.6 Å². The van der Waals surface area contributed by atoms with Gasteiger partial charge in [0.1, 0.15) is 11.5 Å². The number of halogens is 1. The van der Waals surface area contributed by atoms with Crippen LogP contribution in [0.25, 0.3) is 0 Å². The van der Waals surface area contributed by atoms with Gasteiger partial charge in [-0.2, -0.15) is 0 Å². The molecule has 2 aromatic carbocycles. The van der Waals surface area contributed by atoms with Gasteiger partial charge in [0.25, 0.3) is 5.91 Å². The summed E-state index contributed by atoms with van der Waals surface area (Å²) in [5.41, 5.74) is 4.38. The molecule has 5 rings (SSSR count). The molecule has 170 valence electrons. The van der Waals surface area contributed by atoms with Gasteiger partial charge in [0.2, 0.25) is 0 Å². The summed E-state index contributed by atoms with van der Waals surface area (Å²) < 4.78 is 0. The number of benzene rings is 2. The molecule has 3 aromatic rings. The summed E-state index contributed by atoms with van der Waals surface area (Å²) in [6.45, 7) is 7.24. The van der Waals surface area contributed by atoms with E-state index < -0.39 is 0 Å². The van der Waals surface area contributed by atoms with E-state index in [1.807, 2.05) is 35.2 Å². The van der Waals surface area contributed by atoms with Gasteiger partial charge < -0.3 is 14.7 Å². The fourth-order valence-corrected chi connectivity index (χ4v) is 5.10. The van der Waals surface area contributed by atoms with Gasteiger partial charge in [0.05, 0.1) is 0 Å². The molecule has 3 heterocycles. The maximum absolute atomic E-state index is 13.2. The third-order valence-electron chi connectivity index (χ3n) is 6.85. The van der Waals surface area contributed by atoms with E-state index in [1.54, 1.807) is 0 Å². The monoisotopic (exact) mass is 460 g/mol. The minimum absolute atomic E-state index is 0.0349. The van der Waals surface area contributed by atoms with Crippen LogP contribution in [0.4, 0.5) is 11.5 Å². The molecule has 0 aliphatic carbocycles. The van der Waals surface area contributed by atoms with E-state index in [0.717, 1.165) is 56.5 Å². The Morgan fingerprint density at radius 3 is 2.36 bits per heavy atom. The quantitative estimate of drug-likeness (QED) is 0.549. The zero-order valence-corrected chi connectivity index (χ0v) is 19.7. The molecule has 5 nitrogen and oxygen atoms in total. The van der Waals surface area contributed by atoms with E-state index in [4.69, 9.17) is 16.6 Å². The number of piperazine rings is 1. The molecule has 0 bridgehead atoms. The fourth-order valence-electron chi connectivity index (χ4n) is 4.97. The Bertz CT molecular complexity index is 1120. The van der Waals surface area contributed by atoms with Crippen molar-refractivity contribution in [3.63, 3.8) is 0 Å². The smallest absolute Gasteiger partial charge is 0.272 e. The summed E-state index contributed by atoms with van der Waals surface area (Å²) in [6.07, 6.45) is 1.00. The predicted octanol–water partition coefficient (Wildman–Crippen LogP) is 5.00. The van der Waals surface area contributed by atoms with Crippen molar-refractivity contribution < 1.29 is 4.79 Å². The normalized spacial score (nSPS) is 18.6. The lowest BCUT2D eigenvalue weighted by Crippen LogP contribution is -2.47. The molecule has 2 fully saturated rings. The molecule has 0 N–H and O–H groups in total. The number of likely N-dealkylation sites (tertiary alicyclic amines) is 1. The number of anilines is 2. The Labute approximate surface area is 200 Å². The highest BCUT2D eigenvalue weighted by Crippen LogP contribution is 2.30. The lowest BCUT2D eigenvalue weighted by molar-refractivity contribution is 0.0785. The first-order valence-electron chi connectivity index (χ1n) is 11.7. The Hall–Kier alpha value is -3.05.